The number of para-hydroxylation sites is 1. The third kappa shape index (κ3) is 34.0. The Morgan fingerprint density at radius 2 is 1.27 bits per heavy atom. The molecule has 0 spiro atoms. The Morgan fingerprint density at radius 1 is 0.641 bits per heavy atom. The monoisotopic (exact) mass is 1780 g/mol. The highest BCUT2D eigenvalue weighted by Crippen LogP contribution is 2.29. The summed E-state index contributed by atoms with van der Waals surface area (Å²) >= 11 is 0. The number of aryl methyl sites for hydroxylation is 3. The number of rotatable bonds is 59. The summed E-state index contributed by atoms with van der Waals surface area (Å²) in [6, 6.07) is 5.69. The van der Waals surface area contributed by atoms with Gasteiger partial charge in [-0.25, -0.2) is 9.67 Å². The summed E-state index contributed by atoms with van der Waals surface area (Å²) in [5, 5.41) is 80.2. The lowest BCUT2D eigenvalue weighted by atomic mass is 10.0. The van der Waals surface area contributed by atoms with Crippen molar-refractivity contribution in [3.63, 3.8) is 0 Å². The number of phenols is 1. The Balaban J connectivity index is 0.822. The van der Waals surface area contributed by atoms with Gasteiger partial charge in [0.1, 0.15) is 71.3 Å². The van der Waals surface area contributed by atoms with Crippen LogP contribution in [0.4, 0.5) is 0 Å². The first-order valence-electron chi connectivity index (χ1n) is 42.1. The van der Waals surface area contributed by atoms with Gasteiger partial charge < -0.3 is 123 Å². The molecule has 8 unspecified atom stereocenters. The minimum absolute atomic E-state index is 0.0120. The van der Waals surface area contributed by atoms with Crippen molar-refractivity contribution in [3.8, 4) is 23.0 Å². The number of phenolic OH excluding ortho intramolecular Hbond substituents is 1. The normalized spacial score (nSPS) is 14.0. The number of aromatic hydroxyl groups is 1. The molecule has 0 radical (unpaired) electrons. The maximum atomic E-state index is 14.8. The average molecular weight is 1790 g/mol. The molecule has 1 fully saturated rings. The molecule has 1 aliphatic rings. The van der Waals surface area contributed by atoms with Gasteiger partial charge in [-0.1, -0.05) is 49.4 Å². The van der Waals surface area contributed by atoms with Gasteiger partial charge in [0, 0.05) is 98.6 Å². The topological polar surface area (TPSA) is 641 Å². The molecular weight excluding hydrogens is 1670 g/mol. The average Bonchev–Trinajstić information content (AvgIpc) is 1.54. The van der Waals surface area contributed by atoms with Gasteiger partial charge >= 0.3 is 5.97 Å². The number of H-pyrrole nitrogens is 3. The first-order valence-corrected chi connectivity index (χ1v) is 42.1. The SMILES string of the molecule is Cc1n[nH]c(C)c1CCCOc1cc(OC=O)cc(OCCCc2cn(CCOCCOCCOCCC(=O)NC(CCC(=O)O)C(=O)NC(Cc3c[nH]cn3)C(=O)NC(Cc3c[nH]c4ccccc34)C(=O)NC(CO)C(=O)NC(Cc3ccc(O)cc3)C(=O)NCC(=O)NC(CC(C)C)C(=O)NC(CCCNC(=N)N)C(=O)N3CCCC3C(=O)NCC(N)=O)nn2)c1. The van der Waals surface area contributed by atoms with E-state index >= 15 is 0 Å². The predicted octanol–water partition coefficient (Wildman–Crippen LogP) is -1.48. The van der Waals surface area contributed by atoms with Gasteiger partial charge in [-0.2, -0.15) is 5.10 Å². The zero-order valence-electron chi connectivity index (χ0n) is 71.9. The minimum atomic E-state index is -1.87. The van der Waals surface area contributed by atoms with E-state index in [0.717, 1.165) is 35.5 Å². The van der Waals surface area contributed by atoms with Gasteiger partial charge in [0.15, 0.2) is 5.96 Å². The zero-order valence-corrected chi connectivity index (χ0v) is 71.9. The highest BCUT2D eigenvalue weighted by molar-refractivity contribution is 5.99. The Hall–Kier alpha value is -13.6. The number of nitrogens with two attached hydrogens (primary N) is 2. The van der Waals surface area contributed by atoms with Crippen molar-refractivity contribution < 1.29 is 106 Å². The number of primary amides is 1. The summed E-state index contributed by atoms with van der Waals surface area (Å²) in [5.74, 6) is -10.4. The summed E-state index contributed by atoms with van der Waals surface area (Å²) in [6.45, 7) is 7.72. The molecule has 11 amide bonds. The van der Waals surface area contributed by atoms with Crippen LogP contribution in [0, 0.1) is 25.2 Å². The number of aliphatic hydroxyl groups is 1. The molecule has 44 heteroatoms. The second-order valence-electron chi connectivity index (χ2n) is 30.8. The van der Waals surface area contributed by atoms with E-state index < -0.39 is 152 Å². The number of carboxylic acids is 1. The fourth-order valence-electron chi connectivity index (χ4n) is 13.9. The summed E-state index contributed by atoms with van der Waals surface area (Å²) < 4.78 is 35.7. The molecular formula is C84H116N22O22. The highest BCUT2D eigenvalue weighted by Gasteiger charge is 2.40. The molecule has 5 heterocycles. The van der Waals surface area contributed by atoms with Crippen LogP contribution in [0.15, 0.2) is 91.6 Å². The first-order chi connectivity index (χ1) is 61.5. The van der Waals surface area contributed by atoms with E-state index in [1.54, 1.807) is 67.2 Å². The summed E-state index contributed by atoms with van der Waals surface area (Å²) in [5.41, 5.74) is 16.3. The quantitative estimate of drug-likeness (QED) is 0.00895. The van der Waals surface area contributed by atoms with Crippen LogP contribution in [0.3, 0.4) is 0 Å². The number of aromatic amines is 3. The number of likely N-dealkylation sites (tertiary alicyclic amines) is 1. The van der Waals surface area contributed by atoms with Gasteiger partial charge in [0.2, 0.25) is 65.0 Å². The zero-order chi connectivity index (χ0) is 92.4. The van der Waals surface area contributed by atoms with E-state index in [2.05, 4.69) is 88.6 Å². The Bertz CT molecular complexity index is 4810. The maximum Gasteiger partial charge on any atom is 0.303 e. The summed E-state index contributed by atoms with van der Waals surface area (Å²) in [4.78, 5) is 188. The van der Waals surface area contributed by atoms with Crippen molar-refractivity contribution in [1.82, 2.24) is 98.2 Å². The van der Waals surface area contributed by atoms with Crippen LogP contribution in [0.5, 0.6) is 23.0 Å². The summed E-state index contributed by atoms with van der Waals surface area (Å²) in [7, 11) is 0. The minimum Gasteiger partial charge on any atom is -0.508 e. The fraction of sp³-hybridized carbons (Fsp3) is 0.500. The van der Waals surface area contributed by atoms with E-state index in [1.165, 1.54) is 41.7 Å². The number of carbonyl (C=O) groups excluding carboxylic acids is 12. The number of carboxylic acid groups (broad SMARTS) is 1. The maximum absolute atomic E-state index is 14.8. The third-order valence-electron chi connectivity index (χ3n) is 20.4. The van der Waals surface area contributed by atoms with Crippen molar-refractivity contribution in [1.29, 1.82) is 5.41 Å². The van der Waals surface area contributed by atoms with Crippen LogP contribution in [-0.2, 0) is 115 Å². The van der Waals surface area contributed by atoms with Crippen LogP contribution < -0.4 is 78.8 Å². The number of aliphatic hydroxyl groups excluding tert-OH is 1. The number of amides is 11. The van der Waals surface area contributed by atoms with E-state index in [1.807, 2.05) is 20.0 Å². The lowest BCUT2D eigenvalue weighted by Gasteiger charge is -2.30. The number of hydrogen-bond donors (Lipinski definition) is 19. The molecule has 8 atom stereocenters. The number of carbonyl (C=O) groups is 13. The van der Waals surface area contributed by atoms with Crippen molar-refractivity contribution in [2.45, 2.75) is 179 Å². The smallest absolute Gasteiger partial charge is 0.303 e. The van der Waals surface area contributed by atoms with Crippen LogP contribution in [0.1, 0.15) is 118 Å². The molecule has 8 rings (SSSR count). The van der Waals surface area contributed by atoms with Crippen molar-refractivity contribution in [2.24, 2.45) is 17.4 Å². The molecule has 1 saturated heterocycles. The van der Waals surface area contributed by atoms with Crippen LogP contribution in [-0.4, -0.2) is 278 Å². The largest absolute Gasteiger partial charge is 0.508 e. The molecule has 4 aromatic heterocycles. The number of aliphatic carboxylic acids is 1. The molecule has 0 saturated carbocycles. The van der Waals surface area contributed by atoms with E-state index in [9.17, 15) is 77.6 Å². The Labute approximate surface area is 736 Å². The number of hydrogen-bond acceptors (Lipinski definition) is 26. The van der Waals surface area contributed by atoms with Gasteiger partial charge in [0.05, 0.1) is 103 Å². The van der Waals surface area contributed by atoms with E-state index in [-0.39, 0.29) is 127 Å². The fourth-order valence-corrected chi connectivity index (χ4v) is 13.9. The second-order valence-corrected chi connectivity index (χ2v) is 30.8. The second kappa shape index (κ2) is 52.4. The van der Waals surface area contributed by atoms with E-state index in [4.69, 9.17) is 45.3 Å². The van der Waals surface area contributed by atoms with Crippen LogP contribution >= 0.6 is 0 Å². The number of aromatic nitrogens is 8. The number of imidazole rings is 1. The van der Waals surface area contributed by atoms with Crippen molar-refractivity contribution in [3.05, 3.63) is 131 Å². The Kier molecular flexibility index (Phi) is 40.8. The molecule has 0 aliphatic carbocycles. The highest BCUT2D eigenvalue weighted by atomic mass is 16.5. The molecule has 3 aromatic carbocycles. The molecule has 7 aromatic rings. The lowest BCUT2D eigenvalue weighted by molar-refractivity contribution is -0.142. The number of nitrogens with zero attached hydrogens (tertiary/aromatic N) is 6. The number of ether oxygens (including phenoxy) is 6. The third-order valence-corrected chi connectivity index (χ3v) is 20.4. The van der Waals surface area contributed by atoms with Crippen molar-refractivity contribution in [2.75, 3.05) is 85.6 Å². The van der Waals surface area contributed by atoms with E-state index in [0.29, 0.717) is 85.6 Å². The van der Waals surface area contributed by atoms with Crippen LogP contribution in [0.2, 0.25) is 0 Å². The lowest BCUT2D eigenvalue weighted by Crippen LogP contribution is -2.61. The Morgan fingerprint density at radius 3 is 1.91 bits per heavy atom. The van der Waals surface area contributed by atoms with Gasteiger partial charge in [-0.05, 0) is 119 Å². The van der Waals surface area contributed by atoms with Gasteiger partial charge in [-0.3, -0.25) is 72.8 Å². The molecule has 0 bridgehead atoms. The number of benzene rings is 3. The molecule has 21 N–H and O–H groups in total. The molecule has 1 aliphatic heterocycles. The number of nitrogens with one attached hydrogen (secondary N) is 14. The molecule has 44 nitrogen and oxygen atoms in total. The molecule has 128 heavy (non-hydrogen) atoms. The standard InChI is InChI=1S/C84H116N22O22/c1-50(2)35-66(78(117)96-65(15-7-24-89-84(86)87)83(122)106-25-8-16-71(106)82(121)91-44-72(85)110)95-74(112)45-92-76(115)67(36-53-17-19-57(109)20-18-53)97-81(120)70(47-107)100-79(118)68(37-54-42-90-63-14-6-5-12-62(54)63)98-80(119)69(38-56-43-88-48-93-56)99-77(116)64(21-22-75(113)114)94-73(111)23-29-123-31-33-125-34-32-124-30-26-105-46-55(103-104-105)11-9-27-126-58-39-59(41-60(40-58)128-49-108)127-28-10-13-61-51(3)101-102-52(61)4/h5-6,12,14,17-20,39-43,46,48-50,64-71,90,107,109H,7-11,13,15-16,21-38,44-45,47H2,1-4H3,(H2,85,110)(H,88,93)(H,91,121)(H,92,115)(H,94,111)(H,95,112)(H,96,117)(H,97,120)(H,98,119)(H,99,116)(H,100,118)(H,101,102)(H,113,114)(H4,86,87,89). The number of fused-ring (bicyclic) bond motifs is 1. The van der Waals surface area contributed by atoms with Gasteiger partial charge in [-0.15, -0.1) is 5.10 Å². The predicted molar refractivity (Wildman–Crippen MR) is 458 cm³/mol. The molecule has 694 valence electrons. The van der Waals surface area contributed by atoms with Crippen LogP contribution in [0.25, 0.3) is 10.9 Å². The van der Waals surface area contributed by atoms with Crippen molar-refractivity contribution >= 4 is 94.3 Å². The number of guanidine groups is 1. The van der Waals surface area contributed by atoms with Gasteiger partial charge in [0.25, 0.3) is 6.47 Å². The summed E-state index contributed by atoms with van der Waals surface area (Å²) in [6.07, 6.45) is 7.50. The first kappa shape index (κ1) is 99.8.